The number of hydrogen-bond donors (Lipinski definition) is 1. The van der Waals surface area contributed by atoms with Crippen LogP contribution < -0.4 is 5.56 Å². The van der Waals surface area contributed by atoms with Crippen LogP contribution in [-0.2, 0) is 0 Å². The van der Waals surface area contributed by atoms with Gasteiger partial charge in [-0.15, -0.1) is 0 Å². The molecule has 0 radical (unpaired) electrons. The number of nitrogens with zero attached hydrogens (tertiary/aromatic N) is 1. The minimum Gasteiger partial charge on any atom is -0.306 e. The van der Waals surface area contributed by atoms with Gasteiger partial charge in [0.1, 0.15) is 5.82 Å². The molecule has 0 atom stereocenters. The fourth-order valence-electron chi connectivity index (χ4n) is 2.39. The number of aromatic amines is 1. The molecule has 0 fully saturated rings. The van der Waals surface area contributed by atoms with E-state index in [-0.39, 0.29) is 11.5 Å². The summed E-state index contributed by atoms with van der Waals surface area (Å²) >= 11 is 0. The Balaban J connectivity index is 2.65. The van der Waals surface area contributed by atoms with Gasteiger partial charge in [-0.05, 0) is 38.3 Å². The van der Waals surface area contributed by atoms with E-state index in [4.69, 9.17) is 0 Å². The summed E-state index contributed by atoms with van der Waals surface area (Å²) in [4.78, 5) is 19.7. The van der Waals surface area contributed by atoms with E-state index in [1.165, 1.54) is 0 Å². The Bertz CT molecular complexity index is 669. The first-order valence-electron chi connectivity index (χ1n) is 6.58. The molecule has 19 heavy (non-hydrogen) atoms. The van der Waals surface area contributed by atoms with Crippen LogP contribution in [0.4, 0.5) is 0 Å². The van der Waals surface area contributed by atoms with E-state index in [9.17, 15) is 4.79 Å². The van der Waals surface area contributed by atoms with Crippen molar-refractivity contribution in [2.45, 2.75) is 40.5 Å². The van der Waals surface area contributed by atoms with Crippen LogP contribution in [0.25, 0.3) is 11.4 Å². The van der Waals surface area contributed by atoms with Crippen LogP contribution in [0.3, 0.4) is 0 Å². The van der Waals surface area contributed by atoms with Gasteiger partial charge in [-0.2, -0.15) is 0 Å². The molecular formula is C16H20N2O. The summed E-state index contributed by atoms with van der Waals surface area (Å²) < 4.78 is 0. The maximum Gasteiger partial charge on any atom is 0.254 e. The first-order valence-corrected chi connectivity index (χ1v) is 6.58. The molecule has 1 aromatic heterocycles. The predicted octanol–water partition coefficient (Wildman–Crippen LogP) is 3.49. The summed E-state index contributed by atoms with van der Waals surface area (Å²) in [6.45, 7) is 9.99. The number of aromatic nitrogens is 2. The summed E-state index contributed by atoms with van der Waals surface area (Å²) in [6.07, 6.45) is 0. The highest BCUT2D eigenvalue weighted by Gasteiger charge is 2.13. The van der Waals surface area contributed by atoms with Gasteiger partial charge in [0.15, 0.2) is 0 Å². The molecule has 0 aliphatic heterocycles. The van der Waals surface area contributed by atoms with Gasteiger partial charge in [-0.1, -0.05) is 31.5 Å². The van der Waals surface area contributed by atoms with E-state index in [0.29, 0.717) is 5.82 Å². The Morgan fingerprint density at radius 3 is 2.42 bits per heavy atom. The zero-order chi connectivity index (χ0) is 14.2. The van der Waals surface area contributed by atoms with E-state index >= 15 is 0 Å². The highest BCUT2D eigenvalue weighted by atomic mass is 16.1. The molecule has 1 N–H and O–H groups in total. The van der Waals surface area contributed by atoms with Crippen molar-refractivity contribution in [3.63, 3.8) is 0 Å². The number of hydrogen-bond acceptors (Lipinski definition) is 2. The molecule has 0 saturated heterocycles. The first kappa shape index (κ1) is 13.5. The Morgan fingerprint density at radius 1 is 1.16 bits per heavy atom. The Morgan fingerprint density at radius 2 is 1.84 bits per heavy atom. The average molecular weight is 256 g/mol. The molecule has 0 spiro atoms. The quantitative estimate of drug-likeness (QED) is 0.894. The Kier molecular flexibility index (Phi) is 3.56. The summed E-state index contributed by atoms with van der Waals surface area (Å²) in [5.74, 6) is 0.844. The normalized spacial score (nSPS) is 11.1. The van der Waals surface area contributed by atoms with Crippen molar-refractivity contribution >= 4 is 0 Å². The van der Waals surface area contributed by atoms with Gasteiger partial charge in [-0.3, -0.25) is 4.79 Å². The van der Waals surface area contributed by atoms with E-state index in [0.717, 1.165) is 27.9 Å². The zero-order valence-electron chi connectivity index (χ0n) is 12.2. The second-order valence-electron chi connectivity index (χ2n) is 5.39. The molecule has 0 unspecified atom stereocenters. The van der Waals surface area contributed by atoms with Gasteiger partial charge in [0.25, 0.3) is 5.56 Å². The molecule has 1 aromatic carbocycles. The summed E-state index contributed by atoms with van der Waals surface area (Å²) in [5, 5.41) is 0. The molecule has 1 heterocycles. The highest BCUT2D eigenvalue weighted by molar-refractivity contribution is 5.61. The molecule has 0 amide bonds. The van der Waals surface area contributed by atoms with E-state index in [1.54, 1.807) is 0 Å². The van der Waals surface area contributed by atoms with Crippen molar-refractivity contribution < 1.29 is 0 Å². The molecule has 0 saturated carbocycles. The van der Waals surface area contributed by atoms with Crippen LogP contribution in [-0.4, -0.2) is 9.97 Å². The van der Waals surface area contributed by atoms with E-state index < -0.39 is 0 Å². The lowest BCUT2D eigenvalue weighted by atomic mass is 10.0. The molecule has 100 valence electrons. The van der Waals surface area contributed by atoms with Crippen LogP contribution in [0.5, 0.6) is 0 Å². The van der Waals surface area contributed by atoms with Crippen LogP contribution in [0.2, 0.25) is 0 Å². The van der Waals surface area contributed by atoms with Gasteiger partial charge < -0.3 is 4.98 Å². The lowest BCUT2D eigenvalue weighted by Gasteiger charge is -2.11. The van der Waals surface area contributed by atoms with Crippen LogP contribution in [0.1, 0.15) is 42.1 Å². The molecule has 0 aliphatic carbocycles. The molecule has 2 rings (SSSR count). The maximum atomic E-state index is 12.2. The van der Waals surface area contributed by atoms with Crippen LogP contribution in [0.15, 0.2) is 23.0 Å². The maximum absolute atomic E-state index is 12.2. The zero-order valence-corrected chi connectivity index (χ0v) is 12.2. The second kappa shape index (κ2) is 5.00. The van der Waals surface area contributed by atoms with Crippen molar-refractivity contribution in [3.05, 3.63) is 50.9 Å². The fourth-order valence-corrected chi connectivity index (χ4v) is 2.39. The monoisotopic (exact) mass is 256 g/mol. The number of rotatable bonds is 2. The average Bonchev–Trinajstić information content (AvgIpc) is 2.30. The van der Waals surface area contributed by atoms with Crippen LogP contribution in [0, 0.1) is 20.8 Å². The minimum atomic E-state index is -0.0293. The third kappa shape index (κ3) is 2.60. The number of benzene rings is 1. The third-order valence-electron chi connectivity index (χ3n) is 3.37. The molecule has 2 aromatic rings. The minimum absolute atomic E-state index is 0.0293. The standard InChI is InChI=1S/C16H20N2O/c1-9(2)14-12(5)17-15(18-16(14)19)13-8-10(3)6-7-11(13)4/h6-9H,1-5H3,(H,17,18,19). The van der Waals surface area contributed by atoms with Gasteiger partial charge in [0, 0.05) is 16.8 Å². The summed E-state index contributed by atoms with van der Waals surface area (Å²) in [7, 11) is 0. The van der Waals surface area contributed by atoms with Crippen molar-refractivity contribution in [2.24, 2.45) is 0 Å². The van der Waals surface area contributed by atoms with Gasteiger partial charge >= 0.3 is 0 Å². The number of H-pyrrole nitrogens is 1. The molecule has 3 heteroatoms. The van der Waals surface area contributed by atoms with Gasteiger partial charge in [0.05, 0.1) is 0 Å². The third-order valence-corrected chi connectivity index (χ3v) is 3.37. The Hall–Kier alpha value is -1.90. The van der Waals surface area contributed by atoms with E-state index in [1.807, 2.05) is 34.6 Å². The Labute approximate surface area is 113 Å². The summed E-state index contributed by atoms with van der Waals surface area (Å²) in [5.41, 5.74) is 4.83. The first-order chi connectivity index (χ1) is 8.90. The molecular weight excluding hydrogens is 236 g/mol. The van der Waals surface area contributed by atoms with Crippen molar-refractivity contribution in [3.8, 4) is 11.4 Å². The lowest BCUT2D eigenvalue weighted by molar-refractivity contribution is 0.814. The van der Waals surface area contributed by atoms with Gasteiger partial charge in [0.2, 0.25) is 0 Å². The van der Waals surface area contributed by atoms with E-state index in [2.05, 4.69) is 28.2 Å². The number of aryl methyl sites for hydroxylation is 3. The number of nitrogens with one attached hydrogen (secondary N) is 1. The fraction of sp³-hybridized carbons (Fsp3) is 0.375. The summed E-state index contributed by atoms with van der Waals surface area (Å²) in [6, 6.07) is 6.17. The van der Waals surface area contributed by atoms with Crippen molar-refractivity contribution in [1.82, 2.24) is 9.97 Å². The topological polar surface area (TPSA) is 45.8 Å². The van der Waals surface area contributed by atoms with Crippen LogP contribution >= 0.6 is 0 Å². The largest absolute Gasteiger partial charge is 0.306 e. The van der Waals surface area contributed by atoms with Crippen molar-refractivity contribution in [1.29, 1.82) is 0 Å². The smallest absolute Gasteiger partial charge is 0.254 e. The second-order valence-corrected chi connectivity index (χ2v) is 5.39. The molecule has 0 bridgehead atoms. The predicted molar refractivity (Wildman–Crippen MR) is 78.6 cm³/mol. The molecule has 0 aliphatic rings. The van der Waals surface area contributed by atoms with Gasteiger partial charge in [-0.25, -0.2) is 4.98 Å². The SMILES string of the molecule is Cc1ccc(C)c(-c2nc(C)c(C(C)C)c(=O)[nH]2)c1. The highest BCUT2D eigenvalue weighted by Crippen LogP contribution is 2.22. The molecule has 3 nitrogen and oxygen atoms in total. The lowest BCUT2D eigenvalue weighted by Crippen LogP contribution is -2.18. The van der Waals surface area contributed by atoms with Crippen molar-refractivity contribution in [2.75, 3.05) is 0 Å².